The van der Waals surface area contributed by atoms with Crippen molar-refractivity contribution in [2.45, 2.75) is 64.8 Å². The molecule has 0 aromatic heterocycles. The Bertz CT molecular complexity index is 175. The van der Waals surface area contributed by atoms with Crippen LogP contribution in [0.4, 0.5) is 0 Å². The van der Waals surface area contributed by atoms with Gasteiger partial charge in [-0.1, -0.05) is 20.3 Å². The molecule has 1 aliphatic rings. The summed E-state index contributed by atoms with van der Waals surface area (Å²) in [6, 6.07) is 0.674. The Morgan fingerprint density at radius 3 is 2.71 bits per heavy atom. The van der Waals surface area contributed by atoms with E-state index >= 15 is 0 Å². The fourth-order valence-corrected chi connectivity index (χ4v) is 2.37. The summed E-state index contributed by atoms with van der Waals surface area (Å²) in [7, 11) is 0. The number of hydrogen-bond acceptors (Lipinski definition) is 1. The Kier molecular flexibility index (Phi) is 4.99. The second kappa shape index (κ2) is 6.05. The molecule has 14 heavy (non-hydrogen) atoms. The number of likely N-dealkylation sites (tertiary alicyclic amines) is 1. The van der Waals surface area contributed by atoms with Crippen molar-refractivity contribution >= 4 is 5.84 Å². The van der Waals surface area contributed by atoms with Crippen LogP contribution in [0.15, 0.2) is 0 Å². The van der Waals surface area contributed by atoms with Crippen molar-refractivity contribution in [1.82, 2.24) is 4.90 Å². The molecule has 0 bridgehead atoms. The molecule has 0 amide bonds. The van der Waals surface area contributed by atoms with Gasteiger partial charge in [0.15, 0.2) is 0 Å². The summed E-state index contributed by atoms with van der Waals surface area (Å²) < 4.78 is 0. The quantitative estimate of drug-likeness (QED) is 0.541. The minimum atomic E-state index is 0.674. The summed E-state index contributed by atoms with van der Waals surface area (Å²) in [4.78, 5) is 2.36. The zero-order valence-corrected chi connectivity index (χ0v) is 9.68. The molecule has 2 heteroatoms. The van der Waals surface area contributed by atoms with Gasteiger partial charge in [-0.25, -0.2) is 0 Å². The molecule has 0 aromatic rings. The number of amidine groups is 1. The van der Waals surface area contributed by atoms with Gasteiger partial charge in [-0.05, 0) is 32.1 Å². The lowest BCUT2D eigenvalue weighted by Crippen LogP contribution is -2.43. The summed E-state index contributed by atoms with van der Waals surface area (Å²) in [5, 5.41) is 8.02. The first-order valence-corrected chi connectivity index (χ1v) is 6.13. The van der Waals surface area contributed by atoms with Gasteiger partial charge in [-0.2, -0.15) is 0 Å². The Morgan fingerprint density at radius 1 is 1.29 bits per heavy atom. The van der Waals surface area contributed by atoms with Gasteiger partial charge in [-0.3, -0.25) is 5.41 Å². The first-order chi connectivity index (χ1) is 6.79. The summed E-state index contributed by atoms with van der Waals surface area (Å²) in [5.74, 6) is 0.880. The second-order valence-corrected chi connectivity index (χ2v) is 4.33. The Morgan fingerprint density at radius 2 is 2.07 bits per heavy atom. The molecule has 1 atom stereocenters. The van der Waals surface area contributed by atoms with Crippen LogP contribution in [0.5, 0.6) is 0 Å². The molecular formula is C12H24N2. The van der Waals surface area contributed by atoms with Gasteiger partial charge in [0, 0.05) is 19.0 Å². The van der Waals surface area contributed by atoms with Crippen LogP contribution in [0.25, 0.3) is 0 Å². The molecule has 0 radical (unpaired) electrons. The van der Waals surface area contributed by atoms with Crippen LogP contribution in [0, 0.1) is 5.41 Å². The lowest BCUT2D eigenvalue weighted by Gasteiger charge is -2.37. The highest BCUT2D eigenvalue weighted by atomic mass is 15.2. The minimum absolute atomic E-state index is 0.674. The third-order valence-corrected chi connectivity index (χ3v) is 3.08. The summed E-state index contributed by atoms with van der Waals surface area (Å²) in [6.45, 7) is 5.53. The smallest absolute Gasteiger partial charge is 0.0960 e. The van der Waals surface area contributed by atoms with Crippen molar-refractivity contribution in [2.24, 2.45) is 0 Å². The van der Waals surface area contributed by atoms with Crippen LogP contribution >= 0.6 is 0 Å². The molecule has 0 aliphatic carbocycles. The fourth-order valence-electron chi connectivity index (χ4n) is 2.37. The van der Waals surface area contributed by atoms with Gasteiger partial charge < -0.3 is 4.90 Å². The zero-order chi connectivity index (χ0) is 10.4. The van der Waals surface area contributed by atoms with E-state index in [0.29, 0.717) is 6.04 Å². The number of nitrogens with zero attached hydrogens (tertiary/aromatic N) is 1. The largest absolute Gasteiger partial charge is 0.358 e. The molecule has 0 spiro atoms. The third-order valence-electron chi connectivity index (χ3n) is 3.08. The Balaban J connectivity index is 2.48. The highest BCUT2D eigenvalue weighted by molar-refractivity contribution is 5.79. The van der Waals surface area contributed by atoms with Crippen molar-refractivity contribution in [3.63, 3.8) is 0 Å². The summed E-state index contributed by atoms with van der Waals surface area (Å²) in [6.07, 6.45) is 8.54. The SMILES string of the molecule is CCCC(=N)N1CCCCC1CCC. The van der Waals surface area contributed by atoms with Crippen molar-refractivity contribution in [3.8, 4) is 0 Å². The maximum Gasteiger partial charge on any atom is 0.0960 e. The topological polar surface area (TPSA) is 27.1 Å². The monoisotopic (exact) mass is 196 g/mol. The zero-order valence-electron chi connectivity index (χ0n) is 9.68. The maximum absolute atomic E-state index is 8.02. The highest BCUT2D eigenvalue weighted by Crippen LogP contribution is 2.21. The summed E-state index contributed by atoms with van der Waals surface area (Å²) in [5.41, 5.74) is 0. The maximum atomic E-state index is 8.02. The molecule has 1 saturated heterocycles. The fraction of sp³-hybridized carbons (Fsp3) is 0.917. The number of nitrogens with one attached hydrogen (secondary N) is 1. The average molecular weight is 196 g/mol. The molecule has 1 N–H and O–H groups in total. The molecule has 82 valence electrons. The van der Waals surface area contributed by atoms with E-state index in [-0.39, 0.29) is 0 Å². The van der Waals surface area contributed by atoms with Gasteiger partial charge in [-0.15, -0.1) is 0 Å². The average Bonchev–Trinajstić information content (AvgIpc) is 2.19. The van der Waals surface area contributed by atoms with Crippen LogP contribution in [0.2, 0.25) is 0 Å². The Labute approximate surface area is 88.2 Å². The van der Waals surface area contributed by atoms with Crippen LogP contribution < -0.4 is 0 Å². The van der Waals surface area contributed by atoms with Crippen LogP contribution in [-0.4, -0.2) is 23.3 Å². The van der Waals surface area contributed by atoms with E-state index in [9.17, 15) is 0 Å². The van der Waals surface area contributed by atoms with Crippen molar-refractivity contribution in [3.05, 3.63) is 0 Å². The molecule has 0 aromatic carbocycles. The lowest BCUT2D eigenvalue weighted by atomic mass is 9.97. The van der Waals surface area contributed by atoms with E-state index in [1.807, 2.05) is 0 Å². The highest BCUT2D eigenvalue weighted by Gasteiger charge is 2.22. The first-order valence-electron chi connectivity index (χ1n) is 6.13. The predicted molar refractivity (Wildman–Crippen MR) is 61.9 cm³/mol. The van der Waals surface area contributed by atoms with Gasteiger partial charge in [0.25, 0.3) is 0 Å². The first kappa shape index (κ1) is 11.5. The number of piperidine rings is 1. The third kappa shape index (κ3) is 3.00. The number of hydrogen-bond donors (Lipinski definition) is 1. The van der Waals surface area contributed by atoms with Gasteiger partial charge in [0.1, 0.15) is 0 Å². The van der Waals surface area contributed by atoms with E-state index < -0.39 is 0 Å². The van der Waals surface area contributed by atoms with Gasteiger partial charge in [0.05, 0.1) is 5.84 Å². The standard InChI is InChI=1S/C12H24N2/c1-3-7-11-9-5-6-10-14(11)12(13)8-4-2/h11,13H,3-10H2,1-2H3. The van der Waals surface area contributed by atoms with Gasteiger partial charge in [0.2, 0.25) is 0 Å². The molecule has 2 nitrogen and oxygen atoms in total. The molecular weight excluding hydrogens is 172 g/mol. The Hall–Kier alpha value is -0.530. The van der Waals surface area contributed by atoms with E-state index in [1.165, 1.54) is 32.1 Å². The summed E-state index contributed by atoms with van der Waals surface area (Å²) >= 11 is 0. The molecule has 1 aliphatic heterocycles. The van der Waals surface area contributed by atoms with E-state index in [4.69, 9.17) is 5.41 Å². The van der Waals surface area contributed by atoms with E-state index in [2.05, 4.69) is 18.7 Å². The lowest BCUT2D eigenvalue weighted by molar-refractivity contribution is 0.223. The van der Waals surface area contributed by atoms with Crippen LogP contribution in [-0.2, 0) is 0 Å². The van der Waals surface area contributed by atoms with Crippen molar-refractivity contribution < 1.29 is 0 Å². The van der Waals surface area contributed by atoms with Gasteiger partial charge >= 0.3 is 0 Å². The molecule has 1 unspecified atom stereocenters. The molecule has 1 fully saturated rings. The van der Waals surface area contributed by atoms with Crippen molar-refractivity contribution in [1.29, 1.82) is 5.41 Å². The van der Waals surface area contributed by atoms with Crippen LogP contribution in [0.1, 0.15) is 58.8 Å². The van der Waals surface area contributed by atoms with Crippen LogP contribution in [0.3, 0.4) is 0 Å². The second-order valence-electron chi connectivity index (χ2n) is 4.33. The van der Waals surface area contributed by atoms with E-state index in [1.54, 1.807) is 0 Å². The molecule has 1 rings (SSSR count). The normalized spacial score (nSPS) is 22.4. The van der Waals surface area contributed by atoms with E-state index in [0.717, 1.165) is 25.2 Å². The molecule has 1 heterocycles. The molecule has 0 saturated carbocycles. The van der Waals surface area contributed by atoms with Crippen molar-refractivity contribution in [2.75, 3.05) is 6.54 Å². The predicted octanol–water partition coefficient (Wildman–Crippen LogP) is 3.42. The number of rotatable bonds is 4. The minimum Gasteiger partial charge on any atom is -0.358 e.